The molecular weight excluding hydrogens is 326 g/mol. The Morgan fingerprint density at radius 2 is 1.62 bits per heavy atom. The second-order valence-corrected chi connectivity index (χ2v) is 5.91. The molecule has 1 aliphatic rings. The minimum Gasteiger partial charge on any atom is -0.367 e. The fourth-order valence-electron chi connectivity index (χ4n) is 2.85. The van der Waals surface area contributed by atoms with Crippen LogP contribution in [-0.4, -0.2) is 50.9 Å². The van der Waals surface area contributed by atoms with Crippen molar-refractivity contribution in [3.8, 4) is 5.82 Å². The summed E-state index contributed by atoms with van der Waals surface area (Å²) in [6.07, 6.45) is 4.68. The van der Waals surface area contributed by atoms with Gasteiger partial charge >= 0.3 is 0 Å². The lowest BCUT2D eigenvalue weighted by Crippen LogP contribution is -2.47. The summed E-state index contributed by atoms with van der Waals surface area (Å²) < 4.78 is 1.63. The second-order valence-electron chi connectivity index (χ2n) is 5.50. The van der Waals surface area contributed by atoms with Crippen LogP contribution in [0.15, 0.2) is 49.3 Å². The van der Waals surface area contributed by atoms with Gasteiger partial charge < -0.3 is 9.80 Å². The molecule has 0 amide bonds. The number of aromatic nitrogens is 5. The monoisotopic (exact) mass is 341 g/mol. The van der Waals surface area contributed by atoms with Crippen molar-refractivity contribution in [2.45, 2.75) is 0 Å². The molecule has 1 aliphatic heterocycles. The van der Waals surface area contributed by atoms with Gasteiger partial charge in [0.2, 0.25) is 0 Å². The van der Waals surface area contributed by atoms with E-state index in [2.05, 4.69) is 35.9 Å². The van der Waals surface area contributed by atoms with Crippen LogP contribution in [0, 0.1) is 0 Å². The molecule has 7 nitrogen and oxygen atoms in total. The van der Waals surface area contributed by atoms with Gasteiger partial charge in [-0.2, -0.15) is 5.10 Å². The summed E-state index contributed by atoms with van der Waals surface area (Å²) in [6.45, 7) is 3.54. The van der Waals surface area contributed by atoms with Gasteiger partial charge in [0, 0.05) is 32.2 Å². The van der Waals surface area contributed by atoms with E-state index in [0.717, 1.165) is 42.7 Å². The number of para-hydroxylation sites is 1. The third kappa shape index (κ3) is 2.90. The van der Waals surface area contributed by atoms with E-state index in [1.165, 1.54) is 6.33 Å². The second kappa shape index (κ2) is 6.45. The molecule has 1 saturated heterocycles. The summed E-state index contributed by atoms with van der Waals surface area (Å²) in [4.78, 5) is 17.1. The van der Waals surface area contributed by atoms with Gasteiger partial charge in [-0.25, -0.2) is 19.6 Å². The van der Waals surface area contributed by atoms with Crippen LogP contribution in [0.25, 0.3) is 5.82 Å². The van der Waals surface area contributed by atoms with E-state index in [1.807, 2.05) is 24.3 Å². The van der Waals surface area contributed by atoms with Crippen molar-refractivity contribution in [3.63, 3.8) is 0 Å². The first-order valence-corrected chi connectivity index (χ1v) is 8.10. The van der Waals surface area contributed by atoms with E-state index in [0.29, 0.717) is 5.82 Å². The summed E-state index contributed by atoms with van der Waals surface area (Å²) in [6, 6.07) is 9.89. The van der Waals surface area contributed by atoms with Crippen molar-refractivity contribution in [1.29, 1.82) is 0 Å². The molecule has 4 rings (SSSR count). The summed E-state index contributed by atoms with van der Waals surface area (Å²) in [5.74, 6) is 1.61. The highest BCUT2D eigenvalue weighted by Crippen LogP contribution is 2.26. The topological polar surface area (TPSA) is 63.0 Å². The Balaban J connectivity index is 1.48. The third-order valence-electron chi connectivity index (χ3n) is 4.09. The molecule has 0 spiro atoms. The molecule has 24 heavy (non-hydrogen) atoms. The van der Waals surface area contributed by atoms with Crippen molar-refractivity contribution in [2.24, 2.45) is 0 Å². The molecule has 1 fully saturated rings. The number of halogens is 1. The Kier molecular flexibility index (Phi) is 4.00. The highest BCUT2D eigenvalue weighted by molar-refractivity contribution is 6.33. The zero-order valence-corrected chi connectivity index (χ0v) is 13.7. The average Bonchev–Trinajstić information content (AvgIpc) is 3.17. The maximum absolute atomic E-state index is 6.30. The minimum absolute atomic E-state index is 0.714. The molecule has 0 unspecified atom stereocenters. The number of anilines is 2. The van der Waals surface area contributed by atoms with Crippen molar-refractivity contribution in [1.82, 2.24) is 24.7 Å². The molecule has 0 aliphatic carbocycles. The van der Waals surface area contributed by atoms with Crippen molar-refractivity contribution < 1.29 is 0 Å². The molecule has 0 radical (unpaired) electrons. The van der Waals surface area contributed by atoms with Gasteiger partial charge in [-0.3, -0.25) is 0 Å². The van der Waals surface area contributed by atoms with Gasteiger partial charge in [0.25, 0.3) is 0 Å². The Hall–Kier alpha value is -2.67. The van der Waals surface area contributed by atoms with Gasteiger partial charge in [0.1, 0.15) is 24.8 Å². The zero-order valence-electron chi connectivity index (χ0n) is 13.0. The lowest BCUT2D eigenvalue weighted by atomic mass is 10.2. The van der Waals surface area contributed by atoms with Crippen LogP contribution in [-0.2, 0) is 0 Å². The first-order chi connectivity index (χ1) is 11.8. The van der Waals surface area contributed by atoms with E-state index >= 15 is 0 Å². The zero-order chi connectivity index (χ0) is 16.4. The van der Waals surface area contributed by atoms with E-state index in [1.54, 1.807) is 17.3 Å². The van der Waals surface area contributed by atoms with Crippen molar-refractivity contribution >= 4 is 23.1 Å². The molecule has 122 valence electrons. The largest absolute Gasteiger partial charge is 0.367 e. The lowest BCUT2D eigenvalue weighted by Gasteiger charge is -2.37. The minimum atomic E-state index is 0.714. The molecule has 1 aromatic carbocycles. The third-order valence-corrected chi connectivity index (χ3v) is 4.41. The van der Waals surface area contributed by atoms with Crippen LogP contribution in [0.3, 0.4) is 0 Å². The average molecular weight is 342 g/mol. The van der Waals surface area contributed by atoms with Crippen LogP contribution < -0.4 is 9.80 Å². The summed E-state index contributed by atoms with van der Waals surface area (Å²) in [5.41, 5.74) is 1.09. The molecule has 3 heterocycles. The van der Waals surface area contributed by atoms with Crippen molar-refractivity contribution in [3.05, 3.63) is 54.3 Å². The number of hydrogen-bond donors (Lipinski definition) is 0. The Bertz CT molecular complexity index is 813. The number of piperazine rings is 1. The van der Waals surface area contributed by atoms with Crippen LogP contribution in [0.5, 0.6) is 0 Å². The number of rotatable bonds is 3. The molecule has 8 heteroatoms. The van der Waals surface area contributed by atoms with Gasteiger partial charge in [0.15, 0.2) is 5.82 Å². The standard InChI is InChI=1S/C16H16ClN7/c17-13-3-1-2-4-14(13)22-5-7-23(8-6-22)15-9-16(20-11-19-15)24-12-18-10-21-24/h1-4,9-12H,5-8H2. The van der Waals surface area contributed by atoms with Gasteiger partial charge in [-0.1, -0.05) is 23.7 Å². The first kappa shape index (κ1) is 14.9. The Labute approximate surface area is 144 Å². The fraction of sp³-hybridized carbons (Fsp3) is 0.250. The molecule has 0 N–H and O–H groups in total. The molecule has 0 saturated carbocycles. The van der Waals surface area contributed by atoms with E-state index in [-0.39, 0.29) is 0 Å². The maximum atomic E-state index is 6.30. The predicted molar refractivity (Wildman–Crippen MR) is 92.8 cm³/mol. The van der Waals surface area contributed by atoms with Crippen LogP contribution in [0.1, 0.15) is 0 Å². The quantitative estimate of drug-likeness (QED) is 0.726. The van der Waals surface area contributed by atoms with E-state index in [4.69, 9.17) is 11.6 Å². The normalized spacial score (nSPS) is 14.9. The van der Waals surface area contributed by atoms with Gasteiger partial charge in [-0.05, 0) is 12.1 Å². The van der Waals surface area contributed by atoms with E-state index < -0.39 is 0 Å². The van der Waals surface area contributed by atoms with Gasteiger partial charge in [-0.15, -0.1) is 0 Å². The molecular formula is C16H16ClN7. The number of nitrogens with zero attached hydrogens (tertiary/aromatic N) is 7. The maximum Gasteiger partial charge on any atom is 0.160 e. The summed E-state index contributed by atoms with van der Waals surface area (Å²) in [5, 5.41) is 4.90. The SMILES string of the molecule is Clc1ccccc1N1CCN(c2cc(-n3cncn3)ncn2)CC1. The number of benzene rings is 1. The van der Waals surface area contributed by atoms with Crippen LogP contribution in [0.4, 0.5) is 11.5 Å². The summed E-state index contributed by atoms with van der Waals surface area (Å²) >= 11 is 6.30. The fourth-order valence-corrected chi connectivity index (χ4v) is 3.10. The molecule has 2 aromatic heterocycles. The lowest BCUT2D eigenvalue weighted by molar-refractivity contribution is 0.646. The van der Waals surface area contributed by atoms with Crippen LogP contribution in [0.2, 0.25) is 5.02 Å². The van der Waals surface area contributed by atoms with Gasteiger partial charge in [0.05, 0.1) is 10.7 Å². The first-order valence-electron chi connectivity index (χ1n) is 7.73. The molecule has 0 atom stereocenters. The Morgan fingerprint density at radius 3 is 2.38 bits per heavy atom. The smallest absolute Gasteiger partial charge is 0.160 e. The highest BCUT2D eigenvalue weighted by Gasteiger charge is 2.20. The van der Waals surface area contributed by atoms with Crippen molar-refractivity contribution in [2.75, 3.05) is 36.0 Å². The van der Waals surface area contributed by atoms with Crippen LogP contribution >= 0.6 is 11.6 Å². The molecule has 3 aromatic rings. The highest BCUT2D eigenvalue weighted by atomic mass is 35.5. The van der Waals surface area contributed by atoms with E-state index in [9.17, 15) is 0 Å². The summed E-state index contributed by atoms with van der Waals surface area (Å²) in [7, 11) is 0. The molecule has 0 bridgehead atoms. The number of hydrogen-bond acceptors (Lipinski definition) is 6. The Morgan fingerprint density at radius 1 is 0.875 bits per heavy atom. The predicted octanol–water partition coefficient (Wildman–Crippen LogP) is 2.04.